The highest BCUT2D eigenvalue weighted by Crippen LogP contribution is 2.36. The SMILES string of the molecule is CCCC(=N)c1nc(-c2cc(C3=CCC(CC=O)CC3)ccc2OCC)[nH]c(=O)c1NC.CN. The first-order valence-electron chi connectivity index (χ1n) is 11.9. The van der Waals surface area contributed by atoms with Gasteiger partial charge in [-0.1, -0.05) is 25.5 Å². The summed E-state index contributed by atoms with van der Waals surface area (Å²) in [6.07, 6.45) is 7.93. The molecule has 1 aliphatic rings. The van der Waals surface area contributed by atoms with E-state index < -0.39 is 0 Å². The zero-order chi connectivity index (χ0) is 25.1. The number of hydrogen-bond donors (Lipinski definition) is 4. The molecule has 0 saturated carbocycles. The van der Waals surface area contributed by atoms with Crippen LogP contribution in [-0.4, -0.2) is 42.7 Å². The van der Waals surface area contributed by atoms with Crippen LogP contribution in [0.3, 0.4) is 0 Å². The minimum atomic E-state index is -0.310. The van der Waals surface area contributed by atoms with E-state index in [0.717, 1.165) is 37.5 Å². The van der Waals surface area contributed by atoms with Crippen LogP contribution in [-0.2, 0) is 4.79 Å². The van der Waals surface area contributed by atoms with Crippen molar-refractivity contribution in [1.82, 2.24) is 9.97 Å². The van der Waals surface area contributed by atoms with Gasteiger partial charge in [0, 0.05) is 13.5 Å². The fourth-order valence-corrected chi connectivity index (χ4v) is 4.12. The summed E-state index contributed by atoms with van der Waals surface area (Å²) >= 11 is 0. The number of carbonyl (C=O) groups excluding carboxylic acids is 1. The Labute approximate surface area is 201 Å². The van der Waals surface area contributed by atoms with E-state index in [0.29, 0.717) is 59.6 Å². The second-order valence-corrected chi connectivity index (χ2v) is 8.03. The lowest BCUT2D eigenvalue weighted by Gasteiger charge is -2.21. The standard InChI is InChI=1S/C25H32N4O3.CH5N/c1-4-6-20(26)22-23(27-3)25(31)29-24(28-22)19-15-18(11-12-21(19)32-5-2)17-9-7-16(8-10-17)13-14-30;1-2/h9,11-12,14-16,26-27H,4-8,10,13H2,1-3H3,(H,28,29,31);2H2,1H3. The van der Waals surface area contributed by atoms with Crippen molar-refractivity contribution in [3.8, 4) is 17.1 Å². The summed E-state index contributed by atoms with van der Waals surface area (Å²) in [5.74, 6) is 1.45. The van der Waals surface area contributed by atoms with Gasteiger partial charge in [0.1, 0.15) is 29.2 Å². The minimum Gasteiger partial charge on any atom is -0.493 e. The third-order valence-corrected chi connectivity index (χ3v) is 5.81. The molecule has 3 rings (SSSR count). The number of ether oxygens (including phenoxy) is 1. The van der Waals surface area contributed by atoms with Crippen molar-refractivity contribution in [2.45, 2.75) is 52.4 Å². The van der Waals surface area contributed by atoms with Crippen LogP contribution in [0.5, 0.6) is 5.75 Å². The molecule has 0 amide bonds. The summed E-state index contributed by atoms with van der Waals surface area (Å²) in [4.78, 5) is 31.2. The summed E-state index contributed by atoms with van der Waals surface area (Å²) < 4.78 is 5.84. The first kappa shape index (κ1) is 27.0. The van der Waals surface area contributed by atoms with Gasteiger partial charge in [-0.2, -0.15) is 0 Å². The van der Waals surface area contributed by atoms with E-state index in [1.54, 1.807) is 7.05 Å². The van der Waals surface area contributed by atoms with Crippen molar-refractivity contribution in [3.05, 3.63) is 45.9 Å². The largest absolute Gasteiger partial charge is 0.493 e. The predicted octanol–water partition coefficient (Wildman–Crippen LogP) is 4.39. The first-order chi connectivity index (χ1) is 16.5. The number of benzene rings is 1. The summed E-state index contributed by atoms with van der Waals surface area (Å²) in [5.41, 5.74) is 8.17. The molecule has 1 unspecified atom stereocenters. The summed E-state index contributed by atoms with van der Waals surface area (Å²) in [6.45, 7) is 4.40. The predicted molar refractivity (Wildman–Crippen MR) is 139 cm³/mol. The van der Waals surface area contributed by atoms with Gasteiger partial charge in [0.2, 0.25) is 0 Å². The number of aromatic amines is 1. The molecule has 34 heavy (non-hydrogen) atoms. The lowest BCUT2D eigenvalue weighted by molar-refractivity contribution is -0.108. The normalized spacial score (nSPS) is 15.0. The lowest BCUT2D eigenvalue weighted by Crippen LogP contribution is -2.20. The number of allylic oxidation sites excluding steroid dienone is 2. The molecule has 0 spiro atoms. The Kier molecular flexibility index (Phi) is 10.7. The summed E-state index contributed by atoms with van der Waals surface area (Å²) in [7, 11) is 3.16. The van der Waals surface area contributed by atoms with Crippen LogP contribution >= 0.6 is 0 Å². The van der Waals surface area contributed by atoms with Crippen LogP contribution in [0, 0.1) is 11.3 Å². The van der Waals surface area contributed by atoms with Crippen LogP contribution in [0.1, 0.15) is 63.6 Å². The molecule has 8 nitrogen and oxygen atoms in total. The van der Waals surface area contributed by atoms with E-state index in [1.165, 1.54) is 12.6 Å². The molecule has 1 aliphatic carbocycles. The molecule has 1 atom stereocenters. The van der Waals surface area contributed by atoms with Gasteiger partial charge in [0.15, 0.2) is 0 Å². The van der Waals surface area contributed by atoms with Gasteiger partial charge in [-0.3, -0.25) is 4.79 Å². The Morgan fingerprint density at radius 3 is 2.71 bits per heavy atom. The number of nitrogens with zero attached hydrogens (tertiary/aromatic N) is 1. The van der Waals surface area contributed by atoms with Crippen molar-refractivity contribution < 1.29 is 9.53 Å². The van der Waals surface area contributed by atoms with Crippen LogP contribution in [0.4, 0.5) is 5.69 Å². The van der Waals surface area contributed by atoms with Crippen LogP contribution in [0.15, 0.2) is 29.1 Å². The number of aldehydes is 1. The summed E-state index contributed by atoms with van der Waals surface area (Å²) in [5, 5.41) is 11.3. The van der Waals surface area contributed by atoms with Gasteiger partial charge in [0.25, 0.3) is 5.56 Å². The highest BCUT2D eigenvalue weighted by atomic mass is 16.5. The van der Waals surface area contributed by atoms with E-state index >= 15 is 0 Å². The van der Waals surface area contributed by atoms with E-state index in [2.05, 4.69) is 27.1 Å². The van der Waals surface area contributed by atoms with Crippen molar-refractivity contribution >= 4 is 23.3 Å². The Morgan fingerprint density at radius 1 is 1.35 bits per heavy atom. The molecule has 1 aromatic carbocycles. The number of rotatable bonds is 10. The number of anilines is 1. The van der Waals surface area contributed by atoms with Crippen LogP contribution in [0.25, 0.3) is 17.0 Å². The molecule has 0 bridgehead atoms. The number of H-pyrrole nitrogens is 1. The molecule has 184 valence electrons. The Morgan fingerprint density at radius 2 is 2.12 bits per heavy atom. The monoisotopic (exact) mass is 467 g/mol. The third-order valence-electron chi connectivity index (χ3n) is 5.81. The molecule has 1 aromatic heterocycles. The van der Waals surface area contributed by atoms with E-state index in [1.807, 2.05) is 32.0 Å². The number of nitrogens with one attached hydrogen (secondary N) is 3. The van der Waals surface area contributed by atoms with Gasteiger partial charge in [-0.05, 0) is 68.8 Å². The molecule has 0 saturated heterocycles. The number of nitrogens with two attached hydrogens (primary N) is 1. The molecule has 0 fully saturated rings. The Bertz CT molecular complexity index is 1070. The fraction of sp³-hybridized carbons (Fsp3) is 0.462. The van der Waals surface area contributed by atoms with Gasteiger partial charge in [-0.15, -0.1) is 0 Å². The lowest BCUT2D eigenvalue weighted by atomic mass is 9.85. The fourth-order valence-electron chi connectivity index (χ4n) is 4.12. The van der Waals surface area contributed by atoms with Gasteiger partial charge < -0.3 is 31.0 Å². The maximum atomic E-state index is 12.8. The van der Waals surface area contributed by atoms with Crippen LogP contribution < -0.4 is 21.3 Å². The van der Waals surface area contributed by atoms with Crippen molar-refractivity contribution in [2.24, 2.45) is 11.7 Å². The smallest absolute Gasteiger partial charge is 0.275 e. The average molecular weight is 468 g/mol. The van der Waals surface area contributed by atoms with E-state index in [4.69, 9.17) is 10.1 Å². The maximum absolute atomic E-state index is 12.8. The number of carbonyl (C=O) groups is 1. The van der Waals surface area contributed by atoms with E-state index in [9.17, 15) is 9.59 Å². The molecule has 2 aromatic rings. The Balaban J connectivity index is 0.00000199. The molecule has 8 heteroatoms. The van der Waals surface area contributed by atoms with E-state index in [-0.39, 0.29) is 5.56 Å². The second-order valence-electron chi connectivity index (χ2n) is 8.03. The number of hydrogen-bond acceptors (Lipinski definition) is 7. The minimum absolute atomic E-state index is 0.303. The van der Waals surface area contributed by atoms with Crippen LogP contribution in [0.2, 0.25) is 0 Å². The number of aromatic nitrogens is 2. The molecule has 0 aliphatic heterocycles. The van der Waals surface area contributed by atoms with Crippen molar-refractivity contribution in [2.75, 3.05) is 26.0 Å². The first-order valence-corrected chi connectivity index (χ1v) is 11.9. The quantitative estimate of drug-likeness (QED) is 0.302. The highest BCUT2D eigenvalue weighted by Gasteiger charge is 2.20. The molecule has 5 N–H and O–H groups in total. The zero-order valence-electron chi connectivity index (χ0n) is 20.7. The zero-order valence-corrected chi connectivity index (χ0v) is 20.7. The van der Waals surface area contributed by atoms with Gasteiger partial charge in [-0.25, -0.2) is 4.98 Å². The molecular formula is C26H37N5O3. The molecule has 0 radical (unpaired) electrons. The average Bonchev–Trinajstić information content (AvgIpc) is 2.86. The molecule has 1 heterocycles. The third kappa shape index (κ3) is 6.41. The summed E-state index contributed by atoms with van der Waals surface area (Å²) in [6, 6.07) is 5.94. The Hall–Kier alpha value is -3.26. The van der Waals surface area contributed by atoms with Crippen molar-refractivity contribution in [3.63, 3.8) is 0 Å². The van der Waals surface area contributed by atoms with Gasteiger partial charge >= 0.3 is 0 Å². The maximum Gasteiger partial charge on any atom is 0.275 e. The van der Waals surface area contributed by atoms with Crippen molar-refractivity contribution in [1.29, 1.82) is 5.41 Å². The molecular weight excluding hydrogens is 430 g/mol. The second kappa shape index (κ2) is 13.4. The topological polar surface area (TPSA) is 134 Å². The van der Waals surface area contributed by atoms with Gasteiger partial charge in [0.05, 0.1) is 17.9 Å². The highest BCUT2D eigenvalue weighted by molar-refractivity contribution is 6.01.